The van der Waals surface area contributed by atoms with Gasteiger partial charge in [-0.1, -0.05) is 31.5 Å². The summed E-state index contributed by atoms with van der Waals surface area (Å²) in [4.78, 5) is 12.1. The van der Waals surface area contributed by atoms with Crippen LogP contribution in [0.1, 0.15) is 19.4 Å². The molecule has 1 aliphatic rings. The van der Waals surface area contributed by atoms with Crippen molar-refractivity contribution in [3.8, 4) is 17.2 Å². The van der Waals surface area contributed by atoms with Crippen LogP contribution in [-0.4, -0.2) is 32.3 Å². The molecule has 2 aromatic carbocycles. The quantitative estimate of drug-likeness (QED) is 0.812. The Hall–Kier alpha value is -2.47. The van der Waals surface area contributed by atoms with Crippen LogP contribution in [0.2, 0.25) is 5.02 Å². The van der Waals surface area contributed by atoms with Gasteiger partial charge in [0.1, 0.15) is 24.8 Å². The second-order valence-corrected chi connectivity index (χ2v) is 7.29. The number of ether oxygens (including phenoxy) is 3. The Bertz CT molecular complexity index is 841. The number of amides is 1. The number of benzene rings is 2. The lowest BCUT2D eigenvalue weighted by Gasteiger charge is -2.27. The molecule has 1 N–H and O–H groups in total. The molecule has 0 aliphatic carbocycles. The van der Waals surface area contributed by atoms with Gasteiger partial charge in [0.2, 0.25) is 0 Å². The highest BCUT2D eigenvalue weighted by molar-refractivity contribution is 6.30. The van der Waals surface area contributed by atoms with Crippen LogP contribution >= 0.6 is 11.6 Å². The van der Waals surface area contributed by atoms with E-state index in [1.54, 1.807) is 0 Å². The first kappa shape index (κ1) is 19.3. The van der Waals surface area contributed by atoms with Crippen LogP contribution in [0.25, 0.3) is 0 Å². The average Bonchev–Trinajstić information content (AvgIpc) is 2.67. The summed E-state index contributed by atoms with van der Waals surface area (Å²) < 4.78 is 29.6. The lowest BCUT2D eigenvalue weighted by Crippen LogP contribution is -2.39. The molecule has 1 aliphatic heterocycles. The molecule has 0 spiro atoms. The summed E-state index contributed by atoms with van der Waals surface area (Å²) in [6.45, 7) is 5.36. The summed E-state index contributed by atoms with van der Waals surface area (Å²) in [7, 11) is 0. The van der Waals surface area contributed by atoms with Crippen molar-refractivity contribution in [2.45, 2.75) is 19.3 Å². The zero-order chi connectivity index (χ0) is 19.4. The maximum atomic E-state index is 13.1. The predicted octanol–water partition coefficient (Wildman–Crippen LogP) is 3.72. The van der Waals surface area contributed by atoms with Gasteiger partial charge < -0.3 is 19.5 Å². The van der Waals surface area contributed by atoms with Crippen LogP contribution < -0.4 is 19.5 Å². The molecule has 0 atom stereocenters. The molecule has 1 heterocycles. The monoisotopic (exact) mass is 393 g/mol. The summed E-state index contributed by atoms with van der Waals surface area (Å²) in [6, 6.07) is 9.75. The first-order chi connectivity index (χ1) is 12.8. The number of halogens is 2. The molecule has 5 nitrogen and oxygen atoms in total. The normalized spacial score (nSPS) is 13.2. The molecule has 0 radical (unpaired) electrons. The van der Waals surface area contributed by atoms with Gasteiger partial charge in [0.25, 0.3) is 5.91 Å². The highest BCUT2D eigenvalue weighted by Crippen LogP contribution is 2.34. The van der Waals surface area contributed by atoms with Crippen LogP contribution in [0.4, 0.5) is 4.39 Å². The Morgan fingerprint density at radius 1 is 1.19 bits per heavy atom. The third kappa shape index (κ3) is 4.83. The van der Waals surface area contributed by atoms with E-state index in [0.717, 1.165) is 17.1 Å². The Balaban J connectivity index is 1.54. The molecule has 0 saturated carbocycles. The van der Waals surface area contributed by atoms with Crippen molar-refractivity contribution in [2.75, 3.05) is 26.4 Å². The van der Waals surface area contributed by atoms with Gasteiger partial charge in [-0.25, -0.2) is 4.39 Å². The average molecular weight is 394 g/mol. The Kier molecular flexibility index (Phi) is 5.75. The second kappa shape index (κ2) is 8.05. The van der Waals surface area contributed by atoms with E-state index in [1.165, 1.54) is 18.2 Å². The van der Waals surface area contributed by atoms with E-state index < -0.39 is 5.82 Å². The SMILES string of the molecule is CC(C)(CNC(=O)COc1ccc(F)c(Cl)c1)c1ccc2c(c1)OCCO2. The van der Waals surface area contributed by atoms with E-state index in [4.69, 9.17) is 25.8 Å². The minimum absolute atomic E-state index is 0.0485. The number of fused-ring (bicyclic) bond motifs is 1. The molecule has 0 saturated heterocycles. The molecular weight excluding hydrogens is 373 g/mol. The third-order valence-corrected chi connectivity index (χ3v) is 4.60. The first-order valence-corrected chi connectivity index (χ1v) is 8.98. The largest absolute Gasteiger partial charge is 0.486 e. The highest BCUT2D eigenvalue weighted by Gasteiger charge is 2.24. The zero-order valence-corrected chi connectivity index (χ0v) is 15.9. The fourth-order valence-corrected chi connectivity index (χ4v) is 2.82. The van der Waals surface area contributed by atoms with Gasteiger partial charge in [-0.2, -0.15) is 0 Å². The molecule has 7 heteroatoms. The molecule has 1 amide bonds. The summed E-state index contributed by atoms with van der Waals surface area (Å²) in [5, 5.41) is 2.81. The van der Waals surface area contributed by atoms with Gasteiger partial charge in [0.15, 0.2) is 18.1 Å². The van der Waals surface area contributed by atoms with Gasteiger partial charge in [-0.05, 0) is 29.8 Å². The standard InChI is InChI=1S/C20H21ClFNO4/c1-20(2,13-3-6-17-18(9-13)26-8-7-25-17)12-23-19(24)11-27-14-4-5-16(22)15(21)10-14/h3-6,9-10H,7-8,11-12H2,1-2H3,(H,23,24). The smallest absolute Gasteiger partial charge is 0.257 e. The lowest BCUT2D eigenvalue weighted by atomic mass is 9.84. The number of rotatable bonds is 6. The fourth-order valence-electron chi connectivity index (χ4n) is 2.65. The van der Waals surface area contributed by atoms with Crippen LogP contribution in [0.3, 0.4) is 0 Å². The van der Waals surface area contributed by atoms with Gasteiger partial charge in [0, 0.05) is 18.0 Å². The van der Waals surface area contributed by atoms with Crippen molar-refractivity contribution >= 4 is 17.5 Å². The van der Waals surface area contributed by atoms with Crippen molar-refractivity contribution in [1.82, 2.24) is 5.32 Å². The Labute approximate surface area is 162 Å². The topological polar surface area (TPSA) is 56.8 Å². The highest BCUT2D eigenvalue weighted by atomic mass is 35.5. The van der Waals surface area contributed by atoms with Crippen molar-refractivity contribution in [2.24, 2.45) is 0 Å². The molecule has 0 unspecified atom stereocenters. The summed E-state index contributed by atoms with van der Waals surface area (Å²) in [6.07, 6.45) is 0. The second-order valence-electron chi connectivity index (χ2n) is 6.88. The van der Waals surface area contributed by atoms with Crippen molar-refractivity contribution < 1.29 is 23.4 Å². The maximum Gasteiger partial charge on any atom is 0.257 e. The molecule has 3 rings (SSSR count). The summed E-state index contributed by atoms with van der Waals surface area (Å²) in [5.74, 6) is 0.976. The number of hydrogen-bond acceptors (Lipinski definition) is 4. The summed E-state index contributed by atoms with van der Waals surface area (Å²) >= 11 is 5.69. The van der Waals surface area contributed by atoms with Crippen molar-refractivity contribution in [1.29, 1.82) is 0 Å². The predicted molar refractivity (Wildman–Crippen MR) is 100 cm³/mol. The summed E-state index contributed by atoms with van der Waals surface area (Å²) in [5.41, 5.74) is 0.711. The van der Waals surface area contributed by atoms with E-state index >= 15 is 0 Å². The molecule has 27 heavy (non-hydrogen) atoms. The van der Waals surface area contributed by atoms with E-state index in [1.807, 2.05) is 32.0 Å². The minimum atomic E-state index is -0.533. The van der Waals surface area contributed by atoms with Crippen LogP contribution in [0.15, 0.2) is 36.4 Å². The zero-order valence-electron chi connectivity index (χ0n) is 15.2. The number of carbonyl (C=O) groups excluding carboxylic acids is 1. The van der Waals surface area contributed by atoms with Crippen molar-refractivity contribution in [3.05, 3.63) is 52.8 Å². The maximum absolute atomic E-state index is 13.1. The molecule has 2 aromatic rings. The van der Waals surface area contributed by atoms with E-state index in [0.29, 0.717) is 25.5 Å². The fraction of sp³-hybridized carbons (Fsp3) is 0.350. The van der Waals surface area contributed by atoms with Gasteiger partial charge in [-0.15, -0.1) is 0 Å². The molecular formula is C20H21ClFNO4. The molecule has 0 bridgehead atoms. The molecule has 0 fully saturated rings. The van der Waals surface area contributed by atoms with Crippen LogP contribution in [-0.2, 0) is 10.2 Å². The van der Waals surface area contributed by atoms with Gasteiger partial charge >= 0.3 is 0 Å². The number of nitrogens with one attached hydrogen (secondary N) is 1. The number of hydrogen-bond donors (Lipinski definition) is 1. The van der Waals surface area contributed by atoms with E-state index in [2.05, 4.69) is 5.32 Å². The van der Waals surface area contributed by atoms with Crippen molar-refractivity contribution in [3.63, 3.8) is 0 Å². The first-order valence-electron chi connectivity index (χ1n) is 8.60. The Morgan fingerprint density at radius 3 is 2.67 bits per heavy atom. The van der Waals surface area contributed by atoms with E-state index in [9.17, 15) is 9.18 Å². The number of carbonyl (C=O) groups is 1. The molecule has 144 valence electrons. The van der Waals surface area contributed by atoms with Gasteiger partial charge in [-0.3, -0.25) is 4.79 Å². The minimum Gasteiger partial charge on any atom is -0.486 e. The third-order valence-electron chi connectivity index (χ3n) is 4.31. The molecule has 0 aromatic heterocycles. The Morgan fingerprint density at radius 2 is 1.93 bits per heavy atom. The van der Waals surface area contributed by atoms with E-state index in [-0.39, 0.29) is 23.0 Å². The van der Waals surface area contributed by atoms with Crippen LogP contribution in [0, 0.1) is 5.82 Å². The van der Waals surface area contributed by atoms with Gasteiger partial charge in [0.05, 0.1) is 5.02 Å². The van der Waals surface area contributed by atoms with Crippen LogP contribution in [0.5, 0.6) is 17.2 Å². The lowest BCUT2D eigenvalue weighted by molar-refractivity contribution is -0.123.